The van der Waals surface area contributed by atoms with E-state index in [0.717, 1.165) is 0 Å². The van der Waals surface area contributed by atoms with Crippen molar-refractivity contribution >= 4 is 0 Å². The van der Waals surface area contributed by atoms with E-state index in [2.05, 4.69) is 56.9 Å². The van der Waals surface area contributed by atoms with Crippen molar-refractivity contribution in [3.63, 3.8) is 0 Å². The molecule has 1 aromatic rings. The lowest BCUT2D eigenvalue weighted by Crippen LogP contribution is -2.13. The zero-order chi connectivity index (χ0) is 14.4. The van der Waals surface area contributed by atoms with E-state index in [1.165, 1.54) is 55.2 Å². The molecule has 0 aliphatic heterocycles. The largest absolute Gasteiger partial charge is 0.103 e. The molecule has 1 aliphatic rings. The van der Waals surface area contributed by atoms with Crippen LogP contribution in [0.4, 0.5) is 0 Å². The van der Waals surface area contributed by atoms with E-state index in [4.69, 9.17) is 0 Å². The van der Waals surface area contributed by atoms with Gasteiger partial charge in [-0.2, -0.15) is 0 Å². The summed E-state index contributed by atoms with van der Waals surface area (Å²) in [5, 5.41) is 0. The highest BCUT2D eigenvalue weighted by atomic mass is 14.3. The van der Waals surface area contributed by atoms with Crippen LogP contribution in [-0.4, -0.2) is 0 Å². The Bertz CT molecular complexity index is 467. The highest BCUT2D eigenvalue weighted by molar-refractivity contribution is 5.37. The summed E-state index contributed by atoms with van der Waals surface area (Å²) >= 11 is 0. The second-order valence-corrected chi connectivity index (χ2v) is 6.08. The monoisotopic (exact) mass is 268 g/mol. The van der Waals surface area contributed by atoms with Gasteiger partial charge in [0.05, 0.1) is 0 Å². The fourth-order valence-corrected chi connectivity index (χ4v) is 3.30. The molecule has 0 amide bonds. The molecule has 0 heteroatoms. The lowest BCUT2D eigenvalue weighted by molar-refractivity contribution is 0.519. The van der Waals surface area contributed by atoms with Crippen molar-refractivity contribution in [2.75, 3.05) is 0 Å². The molecule has 1 unspecified atom stereocenters. The van der Waals surface area contributed by atoms with E-state index in [1.54, 1.807) is 0 Å². The van der Waals surface area contributed by atoms with Crippen molar-refractivity contribution in [1.29, 1.82) is 0 Å². The van der Waals surface area contributed by atoms with Gasteiger partial charge in [0.25, 0.3) is 0 Å². The van der Waals surface area contributed by atoms with Crippen molar-refractivity contribution in [3.8, 4) is 0 Å². The van der Waals surface area contributed by atoms with Crippen molar-refractivity contribution in [1.82, 2.24) is 0 Å². The van der Waals surface area contributed by atoms with E-state index in [0.29, 0.717) is 11.8 Å². The Kier molecular flexibility index (Phi) is 5.64. The van der Waals surface area contributed by atoms with Crippen LogP contribution in [0.25, 0.3) is 0 Å². The summed E-state index contributed by atoms with van der Waals surface area (Å²) < 4.78 is 0. The van der Waals surface area contributed by atoms with Gasteiger partial charge >= 0.3 is 0 Å². The predicted octanol–water partition coefficient (Wildman–Crippen LogP) is 5.96. The third-order valence-electron chi connectivity index (χ3n) is 4.54. The standard InChI is InChI=1S/C20H28/c1-4-6-7-10-17-13-14-19(16(3)15-17)20-12-9-8-11-18(20)5-2/h5,9,12-15,18,20H,2,4,6-8,10-11H2,1,3H3/t18?,20-/m1/s1. The van der Waals surface area contributed by atoms with Gasteiger partial charge in [0.15, 0.2) is 0 Å². The van der Waals surface area contributed by atoms with Crippen molar-refractivity contribution in [2.24, 2.45) is 5.92 Å². The van der Waals surface area contributed by atoms with Gasteiger partial charge < -0.3 is 0 Å². The smallest absolute Gasteiger partial charge is 0.00834 e. The molecule has 0 saturated heterocycles. The Labute approximate surface area is 124 Å². The number of rotatable bonds is 6. The maximum atomic E-state index is 4.02. The molecule has 0 heterocycles. The molecule has 0 fully saturated rings. The fraction of sp³-hybridized carbons (Fsp3) is 0.500. The molecule has 0 spiro atoms. The molecule has 0 aromatic heterocycles. The van der Waals surface area contributed by atoms with Gasteiger partial charge in [0.1, 0.15) is 0 Å². The molecule has 0 nitrogen and oxygen atoms in total. The predicted molar refractivity (Wildman–Crippen MR) is 89.2 cm³/mol. The molecule has 0 N–H and O–H groups in total. The van der Waals surface area contributed by atoms with Gasteiger partial charge in [0, 0.05) is 5.92 Å². The average molecular weight is 268 g/mol. The minimum atomic E-state index is 0.533. The third-order valence-corrected chi connectivity index (χ3v) is 4.54. The second kappa shape index (κ2) is 7.47. The Morgan fingerprint density at radius 3 is 2.85 bits per heavy atom. The first-order chi connectivity index (χ1) is 9.76. The van der Waals surface area contributed by atoms with Crippen molar-refractivity contribution in [3.05, 3.63) is 59.7 Å². The van der Waals surface area contributed by atoms with E-state index >= 15 is 0 Å². The van der Waals surface area contributed by atoms with E-state index < -0.39 is 0 Å². The van der Waals surface area contributed by atoms with Crippen molar-refractivity contribution < 1.29 is 0 Å². The normalized spacial score (nSPS) is 21.9. The van der Waals surface area contributed by atoms with Crippen LogP contribution in [0.5, 0.6) is 0 Å². The Morgan fingerprint density at radius 2 is 2.15 bits per heavy atom. The molecular formula is C20H28. The molecule has 1 aromatic carbocycles. The molecule has 108 valence electrons. The number of unbranched alkanes of at least 4 members (excludes halogenated alkanes) is 2. The molecular weight excluding hydrogens is 240 g/mol. The van der Waals surface area contributed by atoms with Gasteiger partial charge in [-0.3, -0.25) is 0 Å². The summed E-state index contributed by atoms with van der Waals surface area (Å²) in [5.41, 5.74) is 4.43. The minimum absolute atomic E-state index is 0.533. The number of allylic oxidation sites excluding steroid dienone is 3. The van der Waals surface area contributed by atoms with Crippen LogP contribution in [0, 0.1) is 12.8 Å². The van der Waals surface area contributed by atoms with Crippen LogP contribution in [0.2, 0.25) is 0 Å². The van der Waals surface area contributed by atoms with Crippen molar-refractivity contribution in [2.45, 2.75) is 58.3 Å². The minimum Gasteiger partial charge on any atom is -0.103 e. The van der Waals surface area contributed by atoms with E-state index in [1.807, 2.05) is 0 Å². The Balaban J connectivity index is 2.14. The number of hydrogen-bond acceptors (Lipinski definition) is 0. The molecule has 2 atom stereocenters. The number of benzene rings is 1. The lowest BCUT2D eigenvalue weighted by atomic mass is 9.78. The lowest BCUT2D eigenvalue weighted by Gasteiger charge is -2.27. The third kappa shape index (κ3) is 3.62. The first-order valence-electron chi connectivity index (χ1n) is 8.15. The van der Waals surface area contributed by atoms with E-state index in [9.17, 15) is 0 Å². The quantitative estimate of drug-likeness (QED) is 0.441. The van der Waals surface area contributed by atoms with Gasteiger partial charge in [-0.15, -0.1) is 6.58 Å². The average Bonchev–Trinajstić information content (AvgIpc) is 2.48. The fourth-order valence-electron chi connectivity index (χ4n) is 3.30. The number of hydrogen-bond donors (Lipinski definition) is 0. The van der Waals surface area contributed by atoms with Gasteiger partial charge in [-0.1, -0.05) is 56.2 Å². The summed E-state index contributed by atoms with van der Waals surface area (Å²) in [6, 6.07) is 7.08. The molecule has 0 bridgehead atoms. The van der Waals surface area contributed by atoms with Gasteiger partial charge in [0.2, 0.25) is 0 Å². The maximum Gasteiger partial charge on any atom is 0.00834 e. The topological polar surface area (TPSA) is 0 Å². The SMILES string of the molecule is C=CC1CCC=C[C@H]1c1ccc(CCCCC)cc1C. The zero-order valence-corrected chi connectivity index (χ0v) is 13.1. The van der Waals surface area contributed by atoms with Crippen LogP contribution in [0.15, 0.2) is 43.0 Å². The summed E-state index contributed by atoms with van der Waals surface area (Å²) in [5.74, 6) is 1.13. The van der Waals surface area contributed by atoms with Crippen LogP contribution in [0.1, 0.15) is 61.6 Å². The summed E-state index contributed by atoms with van der Waals surface area (Å²) in [7, 11) is 0. The Hall–Kier alpha value is -1.30. The van der Waals surface area contributed by atoms with Gasteiger partial charge in [-0.05, 0) is 55.2 Å². The summed E-state index contributed by atoms with van der Waals surface area (Å²) in [4.78, 5) is 0. The van der Waals surface area contributed by atoms with Crippen LogP contribution < -0.4 is 0 Å². The molecule has 20 heavy (non-hydrogen) atoms. The van der Waals surface area contributed by atoms with Crippen LogP contribution in [0.3, 0.4) is 0 Å². The first-order valence-corrected chi connectivity index (χ1v) is 8.15. The summed E-state index contributed by atoms with van der Waals surface area (Å²) in [6.45, 7) is 8.55. The number of aryl methyl sites for hydroxylation is 2. The van der Waals surface area contributed by atoms with E-state index in [-0.39, 0.29) is 0 Å². The maximum absolute atomic E-state index is 4.02. The molecule has 1 aliphatic carbocycles. The molecule has 0 saturated carbocycles. The van der Waals surface area contributed by atoms with Crippen LogP contribution in [-0.2, 0) is 6.42 Å². The Morgan fingerprint density at radius 1 is 1.30 bits per heavy atom. The molecule has 2 rings (SSSR count). The highest BCUT2D eigenvalue weighted by Gasteiger charge is 2.21. The van der Waals surface area contributed by atoms with Crippen LogP contribution >= 0.6 is 0 Å². The second-order valence-electron chi connectivity index (χ2n) is 6.08. The first kappa shape index (κ1) is 15.1. The summed E-state index contributed by atoms with van der Waals surface area (Å²) in [6.07, 6.45) is 14.5. The highest BCUT2D eigenvalue weighted by Crippen LogP contribution is 2.36. The zero-order valence-electron chi connectivity index (χ0n) is 13.1. The van der Waals surface area contributed by atoms with Gasteiger partial charge in [-0.25, -0.2) is 0 Å². The molecule has 0 radical (unpaired) electrons.